The van der Waals surface area contributed by atoms with Crippen LogP contribution in [0.1, 0.15) is 26.7 Å². The van der Waals surface area contributed by atoms with Crippen molar-refractivity contribution in [2.45, 2.75) is 32.7 Å². The van der Waals surface area contributed by atoms with Gasteiger partial charge in [0, 0.05) is 0 Å². The molecule has 0 heterocycles. The third kappa shape index (κ3) is 5.95. The lowest BCUT2D eigenvalue weighted by Gasteiger charge is -2.09. The zero-order valence-electron chi connectivity index (χ0n) is 8.00. The molecule has 0 aromatic rings. The third-order valence-corrected chi connectivity index (χ3v) is 1.49. The van der Waals surface area contributed by atoms with Gasteiger partial charge >= 0.3 is 6.09 Å². The van der Waals surface area contributed by atoms with Gasteiger partial charge in [0.1, 0.15) is 6.04 Å². The summed E-state index contributed by atoms with van der Waals surface area (Å²) in [5.41, 5.74) is 4.93. The van der Waals surface area contributed by atoms with Crippen LogP contribution in [0.2, 0.25) is 0 Å². The quantitative estimate of drug-likeness (QED) is 0.612. The van der Waals surface area contributed by atoms with E-state index in [2.05, 4.69) is 5.32 Å². The first-order valence-electron chi connectivity index (χ1n) is 4.30. The number of primary amides is 1. The minimum Gasteiger partial charge on any atom is -0.450 e. The Morgan fingerprint density at radius 3 is 2.62 bits per heavy atom. The second-order valence-electron chi connectivity index (χ2n) is 2.76. The largest absolute Gasteiger partial charge is 0.450 e. The number of hydrogen-bond acceptors (Lipinski definition) is 3. The Kier molecular flexibility index (Phi) is 5.67. The van der Waals surface area contributed by atoms with E-state index in [1.165, 1.54) is 6.92 Å². The maximum Gasteiger partial charge on any atom is 0.407 e. The minimum atomic E-state index is -0.686. The van der Waals surface area contributed by atoms with Gasteiger partial charge in [-0.2, -0.15) is 0 Å². The van der Waals surface area contributed by atoms with Crippen molar-refractivity contribution in [1.29, 1.82) is 0 Å². The van der Waals surface area contributed by atoms with Gasteiger partial charge < -0.3 is 15.8 Å². The number of nitrogens with one attached hydrogen (secondary N) is 1. The van der Waals surface area contributed by atoms with E-state index in [-0.39, 0.29) is 0 Å². The van der Waals surface area contributed by atoms with E-state index in [4.69, 9.17) is 10.5 Å². The molecule has 3 N–H and O–H groups in total. The van der Waals surface area contributed by atoms with Gasteiger partial charge in [-0.1, -0.05) is 13.3 Å². The first-order chi connectivity index (χ1) is 6.07. The number of amides is 2. The van der Waals surface area contributed by atoms with Gasteiger partial charge in [0.2, 0.25) is 5.91 Å². The SMILES string of the molecule is CCCCOC(=O)N[C@@H](C)C(N)=O. The fourth-order valence-corrected chi connectivity index (χ4v) is 0.599. The molecular weight excluding hydrogens is 172 g/mol. The molecule has 0 fully saturated rings. The molecule has 0 saturated carbocycles. The van der Waals surface area contributed by atoms with Crippen LogP contribution in [0.15, 0.2) is 0 Å². The standard InChI is InChI=1S/C8H16N2O3/c1-3-4-5-13-8(12)10-6(2)7(9)11/h6H,3-5H2,1-2H3,(H2,9,11)(H,10,12)/t6-/m0/s1. The molecule has 0 aromatic carbocycles. The Labute approximate surface area is 77.6 Å². The molecular formula is C8H16N2O3. The number of ether oxygens (including phenoxy) is 1. The lowest BCUT2D eigenvalue weighted by molar-refractivity contribution is -0.119. The van der Waals surface area contributed by atoms with Crippen molar-refractivity contribution in [1.82, 2.24) is 5.32 Å². The molecule has 5 nitrogen and oxygen atoms in total. The number of rotatable bonds is 5. The summed E-state index contributed by atoms with van der Waals surface area (Å²) in [6.45, 7) is 3.87. The molecule has 0 saturated heterocycles. The van der Waals surface area contributed by atoms with Crippen LogP contribution in [-0.2, 0) is 9.53 Å². The summed E-state index contributed by atoms with van der Waals surface area (Å²) in [6.07, 6.45) is 1.18. The van der Waals surface area contributed by atoms with Crippen LogP contribution in [0.25, 0.3) is 0 Å². The maximum absolute atomic E-state index is 10.9. The molecule has 5 heteroatoms. The van der Waals surface area contributed by atoms with Crippen molar-refractivity contribution in [3.8, 4) is 0 Å². The molecule has 13 heavy (non-hydrogen) atoms. The first kappa shape index (κ1) is 11.7. The summed E-state index contributed by atoms with van der Waals surface area (Å²) in [6, 6.07) is -0.686. The Hall–Kier alpha value is -1.26. The fourth-order valence-electron chi connectivity index (χ4n) is 0.599. The Morgan fingerprint density at radius 2 is 2.15 bits per heavy atom. The van der Waals surface area contributed by atoms with Crippen LogP contribution < -0.4 is 11.1 Å². The highest BCUT2D eigenvalue weighted by Crippen LogP contribution is 1.89. The zero-order valence-corrected chi connectivity index (χ0v) is 8.00. The van der Waals surface area contributed by atoms with E-state index in [9.17, 15) is 9.59 Å². The van der Waals surface area contributed by atoms with E-state index < -0.39 is 18.0 Å². The molecule has 0 aliphatic rings. The summed E-state index contributed by atoms with van der Waals surface area (Å²) in [5, 5.41) is 2.30. The summed E-state index contributed by atoms with van der Waals surface area (Å²) < 4.78 is 4.75. The lowest BCUT2D eigenvalue weighted by atomic mass is 10.3. The normalized spacial score (nSPS) is 11.8. The molecule has 0 aliphatic heterocycles. The first-order valence-corrected chi connectivity index (χ1v) is 4.30. The van der Waals surface area contributed by atoms with Crippen LogP contribution in [0.3, 0.4) is 0 Å². The Balaban J connectivity index is 3.56. The van der Waals surface area contributed by atoms with Gasteiger partial charge in [-0.3, -0.25) is 4.79 Å². The summed E-state index contributed by atoms with van der Waals surface area (Å²) in [5.74, 6) is -0.576. The van der Waals surface area contributed by atoms with Gasteiger partial charge in [0.05, 0.1) is 6.61 Å². The number of hydrogen-bond donors (Lipinski definition) is 2. The molecule has 0 rings (SSSR count). The summed E-state index contributed by atoms with van der Waals surface area (Å²) >= 11 is 0. The van der Waals surface area contributed by atoms with Crippen LogP contribution in [0.4, 0.5) is 4.79 Å². The monoisotopic (exact) mass is 188 g/mol. The number of carbonyl (C=O) groups excluding carboxylic acids is 2. The molecule has 0 aromatic heterocycles. The number of unbranched alkanes of at least 4 members (excludes halogenated alkanes) is 1. The van der Waals surface area contributed by atoms with Crippen LogP contribution in [0.5, 0.6) is 0 Å². The minimum absolute atomic E-state index is 0.369. The van der Waals surface area contributed by atoms with E-state index in [1.54, 1.807) is 0 Å². The van der Waals surface area contributed by atoms with Crippen molar-refractivity contribution in [2.24, 2.45) is 5.73 Å². The van der Waals surface area contributed by atoms with Gasteiger partial charge in [-0.25, -0.2) is 4.79 Å². The molecule has 2 amide bonds. The molecule has 0 bridgehead atoms. The van der Waals surface area contributed by atoms with Crippen molar-refractivity contribution >= 4 is 12.0 Å². The molecule has 0 aliphatic carbocycles. The van der Waals surface area contributed by atoms with Gasteiger partial charge in [-0.05, 0) is 13.3 Å². The average molecular weight is 188 g/mol. The summed E-state index contributed by atoms with van der Waals surface area (Å²) in [4.78, 5) is 21.4. The predicted octanol–water partition coefficient (Wildman–Crippen LogP) is 0.387. The van der Waals surface area contributed by atoms with E-state index >= 15 is 0 Å². The van der Waals surface area contributed by atoms with E-state index in [0.717, 1.165) is 12.8 Å². The maximum atomic E-state index is 10.9. The summed E-state index contributed by atoms with van der Waals surface area (Å²) in [7, 11) is 0. The van der Waals surface area contributed by atoms with E-state index in [1.807, 2.05) is 6.92 Å². The predicted molar refractivity (Wildman–Crippen MR) is 48.0 cm³/mol. The topological polar surface area (TPSA) is 81.4 Å². The molecule has 76 valence electrons. The highest BCUT2D eigenvalue weighted by atomic mass is 16.5. The number of alkyl carbamates (subject to hydrolysis) is 1. The second-order valence-corrected chi connectivity index (χ2v) is 2.76. The highest BCUT2D eigenvalue weighted by Gasteiger charge is 2.11. The van der Waals surface area contributed by atoms with Gasteiger partial charge in [-0.15, -0.1) is 0 Å². The molecule has 1 atom stereocenters. The van der Waals surface area contributed by atoms with Crippen molar-refractivity contribution in [3.63, 3.8) is 0 Å². The molecule has 0 radical (unpaired) electrons. The zero-order chi connectivity index (χ0) is 10.3. The number of carbonyl (C=O) groups is 2. The second kappa shape index (κ2) is 6.28. The molecule has 0 unspecified atom stereocenters. The Morgan fingerprint density at radius 1 is 1.54 bits per heavy atom. The van der Waals surface area contributed by atoms with Crippen molar-refractivity contribution in [2.75, 3.05) is 6.61 Å². The smallest absolute Gasteiger partial charge is 0.407 e. The third-order valence-electron chi connectivity index (χ3n) is 1.49. The Bertz CT molecular complexity index is 182. The fraction of sp³-hybridized carbons (Fsp3) is 0.750. The van der Waals surface area contributed by atoms with Crippen LogP contribution >= 0.6 is 0 Å². The average Bonchev–Trinajstić information content (AvgIpc) is 2.04. The van der Waals surface area contributed by atoms with Gasteiger partial charge in [0.15, 0.2) is 0 Å². The van der Waals surface area contributed by atoms with Crippen LogP contribution in [0, 0.1) is 0 Å². The van der Waals surface area contributed by atoms with Gasteiger partial charge in [0.25, 0.3) is 0 Å². The van der Waals surface area contributed by atoms with E-state index in [0.29, 0.717) is 6.61 Å². The van der Waals surface area contributed by atoms with Crippen molar-refractivity contribution < 1.29 is 14.3 Å². The van der Waals surface area contributed by atoms with Crippen molar-refractivity contribution in [3.05, 3.63) is 0 Å². The number of nitrogens with two attached hydrogens (primary N) is 1. The van der Waals surface area contributed by atoms with Crippen LogP contribution in [-0.4, -0.2) is 24.6 Å². The molecule has 0 spiro atoms. The highest BCUT2D eigenvalue weighted by molar-refractivity contribution is 5.83. The lowest BCUT2D eigenvalue weighted by Crippen LogP contribution is -2.42.